The van der Waals surface area contributed by atoms with E-state index in [9.17, 15) is 14.4 Å². The molecule has 0 radical (unpaired) electrons. The number of anilines is 1. The van der Waals surface area contributed by atoms with Gasteiger partial charge in [-0.2, -0.15) is 0 Å². The topological polar surface area (TPSA) is 91.9 Å². The normalized spacial score (nSPS) is 13.1. The van der Waals surface area contributed by atoms with Gasteiger partial charge < -0.3 is 10.3 Å². The highest BCUT2D eigenvalue weighted by Crippen LogP contribution is 2.39. The fourth-order valence-electron chi connectivity index (χ4n) is 3.83. The van der Waals surface area contributed by atoms with Crippen LogP contribution in [0.5, 0.6) is 0 Å². The first-order valence-corrected chi connectivity index (χ1v) is 13.1. The molecule has 0 saturated heterocycles. The van der Waals surface area contributed by atoms with Gasteiger partial charge in [0.15, 0.2) is 5.16 Å². The van der Waals surface area contributed by atoms with Crippen LogP contribution >= 0.6 is 34.4 Å². The lowest BCUT2D eigenvalue weighted by Gasteiger charge is -2.12. The quantitative estimate of drug-likeness (QED) is 0.297. The highest BCUT2D eigenvalue weighted by Gasteiger charge is 2.27. The number of fused-ring (bicyclic) bond motifs is 1. The minimum absolute atomic E-state index is 0.0196. The van der Waals surface area contributed by atoms with Gasteiger partial charge in [-0.15, -0.1) is 22.7 Å². The number of nitrogens with zero attached hydrogens (tertiary/aromatic N) is 1. The third-order valence-electron chi connectivity index (χ3n) is 5.39. The molecule has 3 aromatic rings. The van der Waals surface area contributed by atoms with Gasteiger partial charge in [-0.3, -0.25) is 14.4 Å². The average molecular weight is 474 g/mol. The summed E-state index contributed by atoms with van der Waals surface area (Å²) in [6, 6.07) is 3.69. The van der Waals surface area contributed by atoms with Crippen LogP contribution in [0.2, 0.25) is 0 Å². The van der Waals surface area contributed by atoms with Crippen molar-refractivity contribution in [3.63, 3.8) is 0 Å². The summed E-state index contributed by atoms with van der Waals surface area (Å²) < 4.78 is 0. The number of aryl methyl sites for hydroxylation is 2. The van der Waals surface area contributed by atoms with Crippen molar-refractivity contribution in [3.05, 3.63) is 60.0 Å². The van der Waals surface area contributed by atoms with Crippen LogP contribution in [0.4, 0.5) is 5.00 Å². The Kier molecular flexibility index (Phi) is 6.74. The maximum Gasteiger partial charge on any atom is 0.254 e. The van der Waals surface area contributed by atoms with Crippen molar-refractivity contribution in [1.82, 2.24) is 9.97 Å². The largest absolute Gasteiger partial charge is 0.317 e. The van der Waals surface area contributed by atoms with Gasteiger partial charge in [-0.25, -0.2) is 4.98 Å². The van der Waals surface area contributed by atoms with Gasteiger partial charge in [0.1, 0.15) is 5.00 Å². The molecule has 6 nitrogen and oxygen atoms in total. The average Bonchev–Trinajstić information content (AvgIpc) is 3.40. The van der Waals surface area contributed by atoms with Crippen molar-refractivity contribution in [3.8, 4) is 0 Å². The molecule has 31 heavy (non-hydrogen) atoms. The van der Waals surface area contributed by atoms with Crippen molar-refractivity contribution < 1.29 is 9.59 Å². The van der Waals surface area contributed by atoms with Gasteiger partial charge in [-0.1, -0.05) is 17.8 Å². The summed E-state index contributed by atoms with van der Waals surface area (Å²) in [5, 5.41) is 6.06. The van der Waals surface area contributed by atoms with Crippen LogP contribution in [-0.4, -0.2) is 27.9 Å². The van der Waals surface area contributed by atoms with Gasteiger partial charge in [-0.05, 0) is 62.3 Å². The zero-order valence-corrected chi connectivity index (χ0v) is 19.8. The highest BCUT2D eigenvalue weighted by atomic mass is 32.2. The zero-order chi connectivity index (χ0) is 22.0. The van der Waals surface area contributed by atoms with Gasteiger partial charge in [0.25, 0.3) is 5.56 Å². The first kappa shape index (κ1) is 22.0. The van der Waals surface area contributed by atoms with E-state index >= 15 is 0 Å². The van der Waals surface area contributed by atoms with Crippen LogP contribution in [-0.2, 0) is 24.1 Å². The molecule has 3 aromatic heterocycles. The first-order chi connectivity index (χ1) is 15.0. The lowest BCUT2D eigenvalue weighted by molar-refractivity contribution is -0.116. The Morgan fingerprint density at radius 2 is 2.10 bits per heavy atom. The number of hydrogen-bond acceptors (Lipinski definition) is 7. The van der Waals surface area contributed by atoms with Crippen LogP contribution in [0.3, 0.4) is 0 Å². The van der Waals surface area contributed by atoms with Crippen LogP contribution in [0, 0.1) is 6.92 Å². The fourth-order valence-corrected chi connectivity index (χ4v) is 6.22. The fraction of sp³-hybridized carbons (Fsp3) is 0.364. The molecule has 9 heteroatoms. The number of aromatic nitrogens is 2. The molecule has 2 N–H and O–H groups in total. The van der Waals surface area contributed by atoms with E-state index in [2.05, 4.69) is 15.3 Å². The van der Waals surface area contributed by atoms with Crippen molar-refractivity contribution in [1.29, 1.82) is 0 Å². The van der Waals surface area contributed by atoms with Gasteiger partial charge in [0.2, 0.25) is 11.7 Å². The van der Waals surface area contributed by atoms with Crippen LogP contribution < -0.4 is 10.9 Å². The second kappa shape index (κ2) is 9.50. The molecule has 0 fully saturated rings. The predicted molar refractivity (Wildman–Crippen MR) is 127 cm³/mol. The molecule has 3 heterocycles. The number of nitrogens with one attached hydrogen (secondary N) is 2. The minimum atomic E-state index is -0.204. The number of ketones is 1. The van der Waals surface area contributed by atoms with Crippen molar-refractivity contribution >= 4 is 51.1 Å². The van der Waals surface area contributed by atoms with E-state index in [0.717, 1.165) is 31.2 Å². The number of thioether (sulfide) groups is 1. The van der Waals surface area contributed by atoms with Crippen LogP contribution in [0.15, 0.2) is 27.5 Å². The van der Waals surface area contributed by atoms with Gasteiger partial charge in [0, 0.05) is 22.6 Å². The highest BCUT2D eigenvalue weighted by molar-refractivity contribution is 7.98. The molecule has 1 amide bonds. The van der Waals surface area contributed by atoms with E-state index in [-0.39, 0.29) is 23.7 Å². The van der Waals surface area contributed by atoms with Crippen molar-refractivity contribution in [2.24, 2.45) is 0 Å². The predicted octanol–water partition coefficient (Wildman–Crippen LogP) is 4.60. The standard InChI is InChI=1S/C22H23N3O3S3/c1-12-13(20(28)25-22(23-12)29-2)9-10-17(26)24-21-18(19(27)16-8-5-11-30-16)14-6-3-4-7-15(14)31-21/h5,8,11H,3-4,6-7,9-10H2,1-2H3,(H,24,26)(H,23,25,28). The van der Waals surface area contributed by atoms with E-state index in [0.29, 0.717) is 38.3 Å². The van der Waals surface area contributed by atoms with Gasteiger partial charge >= 0.3 is 0 Å². The van der Waals surface area contributed by atoms with Crippen LogP contribution in [0.1, 0.15) is 56.2 Å². The number of rotatable bonds is 7. The van der Waals surface area contributed by atoms with Gasteiger partial charge in [0.05, 0.1) is 10.4 Å². The molecular weight excluding hydrogens is 450 g/mol. The molecular formula is C22H23N3O3S3. The summed E-state index contributed by atoms with van der Waals surface area (Å²) in [4.78, 5) is 47.2. The van der Waals surface area contributed by atoms with E-state index < -0.39 is 0 Å². The molecule has 0 atom stereocenters. The molecule has 1 aliphatic carbocycles. The molecule has 4 rings (SSSR count). The Morgan fingerprint density at radius 1 is 1.29 bits per heavy atom. The summed E-state index contributed by atoms with van der Waals surface area (Å²) in [5.41, 5.74) is 2.70. The second-order valence-corrected chi connectivity index (χ2v) is 10.3. The summed E-state index contributed by atoms with van der Waals surface area (Å²) in [6.45, 7) is 1.79. The van der Waals surface area contributed by atoms with E-state index in [1.54, 1.807) is 6.92 Å². The number of carbonyl (C=O) groups excluding carboxylic acids is 2. The molecule has 0 aromatic carbocycles. The first-order valence-electron chi connectivity index (χ1n) is 10.1. The van der Waals surface area contributed by atoms with Crippen molar-refractivity contribution in [2.75, 3.05) is 11.6 Å². The number of H-pyrrole nitrogens is 1. The van der Waals surface area contributed by atoms with Crippen molar-refractivity contribution in [2.45, 2.75) is 50.6 Å². The lowest BCUT2D eigenvalue weighted by Crippen LogP contribution is -2.20. The number of amides is 1. The minimum Gasteiger partial charge on any atom is -0.317 e. The molecule has 162 valence electrons. The Bertz CT molecular complexity index is 1180. The summed E-state index contributed by atoms with van der Waals surface area (Å²) in [5.74, 6) is -0.222. The third kappa shape index (κ3) is 4.68. The molecule has 0 spiro atoms. The smallest absolute Gasteiger partial charge is 0.254 e. The Hall–Kier alpha value is -2.23. The SMILES string of the molecule is CSc1nc(C)c(CCC(=O)Nc2sc3c(c2C(=O)c2cccs2)CCCC3)c(=O)[nH]1. The monoisotopic (exact) mass is 473 g/mol. The molecule has 0 bridgehead atoms. The number of thiophene rings is 2. The summed E-state index contributed by atoms with van der Waals surface area (Å²) in [6.07, 6.45) is 6.28. The Balaban J connectivity index is 1.54. The number of hydrogen-bond donors (Lipinski definition) is 2. The van der Waals surface area contributed by atoms with E-state index in [1.807, 2.05) is 23.8 Å². The molecule has 0 saturated carbocycles. The van der Waals surface area contributed by atoms with Crippen LogP contribution in [0.25, 0.3) is 0 Å². The number of aromatic amines is 1. The summed E-state index contributed by atoms with van der Waals surface area (Å²) in [7, 11) is 0. The maximum atomic E-state index is 13.2. The van der Waals surface area contributed by atoms with E-state index in [1.165, 1.54) is 39.3 Å². The molecule has 0 unspecified atom stereocenters. The molecule has 0 aliphatic heterocycles. The molecule has 1 aliphatic rings. The number of carbonyl (C=O) groups is 2. The summed E-state index contributed by atoms with van der Waals surface area (Å²) >= 11 is 4.31. The maximum absolute atomic E-state index is 13.2. The third-order valence-corrected chi connectivity index (χ3v) is 8.05. The zero-order valence-electron chi connectivity index (χ0n) is 17.4. The Labute approximate surface area is 192 Å². The Morgan fingerprint density at radius 3 is 2.81 bits per heavy atom. The second-order valence-electron chi connectivity index (χ2n) is 7.41. The lowest BCUT2D eigenvalue weighted by atomic mass is 9.93. The van der Waals surface area contributed by atoms with E-state index in [4.69, 9.17) is 0 Å².